The molecule has 6 heteroatoms. The number of esters is 1. The van der Waals surface area contributed by atoms with Gasteiger partial charge in [0.2, 0.25) is 5.91 Å². The molecule has 0 aliphatic heterocycles. The monoisotopic (exact) mass is 906 g/mol. The molecular weight excluding hydrogens is 803 g/mol. The zero-order valence-electron chi connectivity index (χ0n) is 42.6. The van der Waals surface area contributed by atoms with Gasteiger partial charge in [-0.2, -0.15) is 0 Å². The van der Waals surface area contributed by atoms with Crippen molar-refractivity contribution in [3.05, 3.63) is 85.1 Å². The van der Waals surface area contributed by atoms with Gasteiger partial charge in [0, 0.05) is 6.42 Å². The summed E-state index contributed by atoms with van der Waals surface area (Å²) in [6, 6.07) is -0.722. The van der Waals surface area contributed by atoms with Gasteiger partial charge >= 0.3 is 5.97 Å². The van der Waals surface area contributed by atoms with Crippen molar-refractivity contribution in [1.82, 2.24) is 5.32 Å². The van der Waals surface area contributed by atoms with Crippen molar-refractivity contribution in [3.8, 4) is 0 Å². The number of nitrogens with one attached hydrogen (secondary N) is 1. The smallest absolute Gasteiger partial charge is 0.306 e. The number of carbonyl (C=O) groups is 2. The van der Waals surface area contributed by atoms with Gasteiger partial charge in [-0.15, -0.1) is 0 Å². The van der Waals surface area contributed by atoms with Gasteiger partial charge in [-0.1, -0.05) is 228 Å². The van der Waals surface area contributed by atoms with Crippen LogP contribution in [-0.2, 0) is 14.3 Å². The zero-order chi connectivity index (χ0) is 47.4. The molecule has 0 aliphatic rings. The van der Waals surface area contributed by atoms with Crippen LogP contribution in [0.2, 0.25) is 0 Å². The second kappa shape index (κ2) is 52.0. The predicted molar refractivity (Wildman–Crippen MR) is 282 cm³/mol. The van der Waals surface area contributed by atoms with Crippen LogP contribution >= 0.6 is 0 Å². The third-order valence-electron chi connectivity index (χ3n) is 12.0. The Hall–Kier alpha value is -2.96. The highest BCUT2D eigenvalue weighted by molar-refractivity contribution is 5.77. The lowest BCUT2D eigenvalue weighted by molar-refractivity contribution is -0.151. The fourth-order valence-corrected chi connectivity index (χ4v) is 7.85. The molecule has 0 fully saturated rings. The van der Waals surface area contributed by atoms with Crippen LogP contribution in [-0.4, -0.2) is 46.9 Å². The first-order valence-corrected chi connectivity index (χ1v) is 27.3. The molecule has 0 aromatic heterocycles. The van der Waals surface area contributed by atoms with E-state index in [9.17, 15) is 19.8 Å². The van der Waals surface area contributed by atoms with E-state index >= 15 is 0 Å². The molecule has 0 spiro atoms. The number of aliphatic hydroxyl groups excluding tert-OH is 2. The lowest BCUT2D eigenvalue weighted by Crippen LogP contribution is -2.46. The maximum Gasteiger partial charge on any atom is 0.306 e. The summed E-state index contributed by atoms with van der Waals surface area (Å²) in [5.41, 5.74) is 0. The molecule has 0 aliphatic carbocycles. The molecule has 0 bridgehead atoms. The fourth-order valence-electron chi connectivity index (χ4n) is 7.85. The molecule has 1 amide bonds. The minimum Gasteiger partial charge on any atom is -0.462 e. The average molecular weight is 906 g/mol. The Morgan fingerprint density at radius 2 is 0.831 bits per heavy atom. The van der Waals surface area contributed by atoms with Crippen molar-refractivity contribution in [1.29, 1.82) is 0 Å². The minimum atomic E-state index is -0.805. The molecule has 3 unspecified atom stereocenters. The van der Waals surface area contributed by atoms with E-state index in [1.54, 1.807) is 0 Å². The molecule has 374 valence electrons. The number of allylic oxidation sites excluding steroid dienone is 14. The normalized spacial score (nSPS) is 13.9. The molecule has 0 radical (unpaired) electrons. The molecule has 0 saturated carbocycles. The Morgan fingerprint density at radius 1 is 0.462 bits per heavy atom. The van der Waals surface area contributed by atoms with E-state index in [0.29, 0.717) is 25.7 Å². The summed E-state index contributed by atoms with van der Waals surface area (Å²) in [4.78, 5) is 26.2. The summed E-state index contributed by atoms with van der Waals surface area (Å²) in [6.07, 6.45) is 67.8. The topological polar surface area (TPSA) is 95.9 Å². The summed E-state index contributed by atoms with van der Waals surface area (Å²) < 4.78 is 5.91. The van der Waals surface area contributed by atoms with Crippen LogP contribution in [0, 0.1) is 0 Å². The molecule has 0 saturated heterocycles. The van der Waals surface area contributed by atoms with Crippen LogP contribution in [0.15, 0.2) is 85.1 Å². The van der Waals surface area contributed by atoms with E-state index in [-0.39, 0.29) is 24.9 Å². The molecule has 3 atom stereocenters. The van der Waals surface area contributed by atoms with Crippen molar-refractivity contribution >= 4 is 11.9 Å². The Bertz CT molecular complexity index is 1250. The van der Waals surface area contributed by atoms with Crippen molar-refractivity contribution < 1.29 is 24.5 Å². The SMILES string of the molecule is CC/C=C\C/C=C\C/C=C\C/C=C\C/C=C\CCCC(=O)OC(CCCCCCC/C=C\C/C=C\CCCCC)CC(=O)NC(CO)C(O)CCCCCCCCCCCCCCCC. The fraction of sp³-hybridized carbons (Fsp3) is 0.729. The lowest BCUT2D eigenvalue weighted by Gasteiger charge is -2.24. The molecule has 0 rings (SSSR count). The van der Waals surface area contributed by atoms with Crippen molar-refractivity contribution in [2.24, 2.45) is 0 Å². The molecule has 3 N–H and O–H groups in total. The maximum atomic E-state index is 13.2. The predicted octanol–water partition coefficient (Wildman–Crippen LogP) is 16.7. The van der Waals surface area contributed by atoms with Crippen molar-refractivity contribution in [3.63, 3.8) is 0 Å². The van der Waals surface area contributed by atoms with Gasteiger partial charge in [0.25, 0.3) is 0 Å². The average Bonchev–Trinajstić information content (AvgIpc) is 3.30. The van der Waals surface area contributed by atoms with E-state index in [4.69, 9.17) is 4.74 Å². The quantitative estimate of drug-likeness (QED) is 0.0321. The summed E-state index contributed by atoms with van der Waals surface area (Å²) in [6.45, 7) is 6.33. The van der Waals surface area contributed by atoms with E-state index in [1.807, 2.05) is 0 Å². The van der Waals surface area contributed by atoms with Gasteiger partial charge in [-0.3, -0.25) is 9.59 Å². The summed E-state index contributed by atoms with van der Waals surface area (Å²) in [7, 11) is 0. The highest BCUT2D eigenvalue weighted by Crippen LogP contribution is 2.17. The number of carbonyl (C=O) groups excluding carboxylic acids is 2. The van der Waals surface area contributed by atoms with E-state index < -0.39 is 18.2 Å². The molecule has 6 nitrogen and oxygen atoms in total. The van der Waals surface area contributed by atoms with Crippen LogP contribution in [0.25, 0.3) is 0 Å². The van der Waals surface area contributed by atoms with Gasteiger partial charge in [0.15, 0.2) is 0 Å². The van der Waals surface area contributed by atoms with Gasteiger partial charge in [-0.05, 0) is 96.3 Å². The van der Waals surface area contributed by atoms with Gasteiger partial charge in [0.05, 0.1) is 25.2 Å². The van der Waals surface area contributed by atoms with Gasteiger partial charge < -0.3 is 20.3 Å². The van der Waals surface area contributed by atoms with Gasteiger partial charge in [-0.25, -0.2) is 0 Å². The number of aliphatic hydroxyl groups is 2. The van der Waals surface area contributed by atoms with Crippen LogP contribution < -0.4 is 5.32 Å². The molecule has 0 aromatic carbocycles. The van der Waals surface area contributed by atoms with E-state index in [2.05, 4.69) is 111 Å². The number of hydrogen-bond acceptors (Lipinski definition) is 5. The Kier molecular flexibility index (Phi) is 49.6. The van der Waals surface area contributed by atoms with E-state index in [0.717, 1.165) is 96.3 Å². The number of amides is 1. The largest absolute Gasteiger partial charge is 0.462 e. The second-order valence-electron chi connectivity index (χ2n) is 18.2. The van der Waals surface area contributed by atoms with Crippen LogP contribution in [0.5, 0.6) is 0 Å². The minimum absolute atomic E-state index is 0.0421. The first kappa shape index (κ1) is 62.0. The molecule has 65 heavy (non-hydrogen) atoms. The van der Waals surface area contributed by atoms with Crippen LogP contribution in [0.1, 0.15) is 252 Å². The molecule has 0 heterocycles. The maximum absolute atomic E-state index is 13.2. The third-order valence-corrected chi connectivity index (χ3v) is 12.0. The first-order valence-electron chi connectivity index (χ1n) is 27.3. The highest BCUT2D eigenvalue weighted by atomic mass is 16.5. The first-order chi connectivity index (χ1) is 32.0. The zero-order valence-corrected chi connectivity index (χ0v) is 42.6. The Labute approximate surface area is 402 Å². The Morgan fingerprint density at radius 3 is 1.29 bits per heavy atom. The van der Waals surface area contributed by atoms with Crippen molar-refractivity contribution in [2.75, 3.05) is 6.61 Å². The number of ether oxygens (including phenoxy) is 1. The Balaban J connectivity index is 4.70. The van der Waals surface area contributed by atoms with Gasteiger partial charge in [0.1, 0.15) is 6.10 Å². The summed E-state index contributed by atoms with van der Waals surface area (Å²) >= 11 is 0. The second-order valence-corrected chi connectivity index (χ2v) is 18.2. The standard InChI is InChI=1S/C59H103NO5/c1-4-7-10-13-16-19-22-25-28-29-31-34-37-40-43-46-49-52-59(64)65-55(50-47-44-41-38-35-32-30-26-23-20-17-14-11-8-5-2)53-58(63)60-56(54-61)57(62)51-48-45-42-39-36-33-27-24-21-18-15-12-9-6-3/h7,10,16-17,19-20,25-26,28,30-31,34,40,43,55-57,61-62H,4-6,8-9,11-15,18,21-24,27,29,32-33,35-39,41-42,44-54H2,1-3H3,(H,60,63)/b10-7-,19-16-,20-17-,28-25-,30-26-,34-31-,43-40-. The molecular formula is C59H103NO5. The van der Waals surface area contributed by atoms with Crippen molar-refractivity contribution in [2.45, 2.75) is 270 Å². The highest BCUT2D eigenvalue weighted by Gasteiger charge is 2.24. The number of rotatable bonds is 48. The summed E-state index contributed by atoms with van der Waals surface area (Å²) in [5, 5.41) is 23.8. The number of hydrogen-bond donors (Lipinski definition) is 3. The third kappa shape index (κ3) is 47.3. The lowest BCUT2D eigenvalue weighted by atomic mass is 10.0. The number of unbranched alkanes of at least 4 members (excludes halogenated alkanes) is 22. The van der Waals surface area contributed by atoms with Crippen LogP contribution in [0.3, 0.4) is 0 Å². The van der Waals surface area contributed by atoms with Crippen LogP contribution in [0.4, 0.5) is 0 Å². The van der Waals surface area contributed by atoms with E-state index in [1.165, 1.54) is 103 Å². The molecule has 0 aromatic rings. The summed E-state index contributed by atoms with van der Waals surface area (Å²) in [5.74, 6) is -0.558.